The third kappa shape index (κ3) is 5.11. The van der Waals surface area contributed by atoms with E-state index in [0.717, 1.165) is 42.7 Å². The number of benzene rings is 2. The molecular formula is C26H31N3O3S. The Morgan fingerprint density at radius 2 is 1.88 bits per heavy atom. The second-order valence-corrected chi connectivity index (χ2v) is 9.71. The molecule has 1 saturated heterocycles. The largest absolute Gasteiger partial charge is 0.508 e. The van der Waals surface area contributed by atoms with Crippen molar-refractivity contribution in [2.75, 3.05) is 19.6 Å². The average Bonchev–Trinajstić information content (AvgIpc) is 3.29. The van der Waals surface area contributed by atoms with Crippen LogP contribution in [0.15, 0.2) is 53.9 Å². The summed E-state index contributed by atoms with van der Waals surface area (Å²) < 4.78 is 0. The zero-order valence-electron chi connectivity index (χ0n) is 19.3. The van der Waals surface area contributed by atoms with Crippen LogP contribution in [0.5, 0.6) is 5.75 Å². The quantitative estimate of drug-likeness (QED) is 0.505. The number of phenolic OH excluding ortho intramolecular Hbond substituents is 1. The number of aromatic nitrogens is 1. The first-order valence-corrected chi connectivity index (χ1v) is 12.3. The van der Waals surface area contributed by atoms with E-state index in [4.69, 9.17) is 5.11 Å². The molecule has 2 N–H and O–H groups in total. The summed E-state index contributed by atoms with van der Waals surface area (Å²) in [7, 11) is 0. The van der Waals surface area contributed by atoms with Crippen molar-refractivity contribution in [3.05, 3.63) is 70.7 Å². The van der Waals surface area contributed by atoms with Crippen LogP contribution >= 0.6 is 11.3 Å². The van der Waals surface area contributed by atoms with E-state index in [1.165, 1.54) is 11.3 Å². The Labute approximate surface area is 199 Å². The minimum absolute atomic E-state index is 0.0123. The van der Waals surface area contributed by atoms with E-state index < -0.39 is 5.97 Å². The number of carboxylic acid groups (broad SMARTS) is 1. The summed E-state index contributed by atoms with van der Waals surface area (Å²) in [5, 5.41) is 21.6. The van der Waals surface area contributed by atoms with Crippen molar-refractivity contribution in [3.8, 4) is 16.3 Å². The zero-order valence-corrected chi connectivity index (χ0v) is 20.1. The van der Waals surface area contributed by atoms with Gasteiger partial charge in [0, 0.05) is 36.1 Å². The van der Waals surface area contributed by atoms with Crippen molar-refractivity contribution in [2.45, 2.75) is 45.3 Å². The summed E-state index contributed by atoms with van der Waals surface area (Å²) >= 11 is 1.34. The number of phenols is 1. The highest BCUT2D eigenvalue weighted by Gasteiger charge is 2.34. The molecule has 0 amide bonds. The van der Waals surface area contributed by atoms with Crippen LogP contribution in [0.1, 0.15) is 54.8 Å². The van der Waals surface area contributed by atoms with Crippen molar-refractivity contribution in [1.82, 2.24) is 14.8 Å². The number of piperazine rings is 1. The molecule has 1 aliphatic heterocycles. The first kappa shape index (κ1) is 23.4. The fraction of sp³-hybridized carbons (Fsp3) is 0.385. The molecule has 3 atom stereocenters. The average molecular weight is 466 g/mol. The van der Waals surface area contributed by atoms with Crippen LogP contribution in [-0.2, 0) is 0 Å². The number of aromatic carboxylic acids is 1. The number of hydrogen-bond donors (Lipinski definition) is 2. The number of hydrogen-bond acceptors (Lipinski definition) is 6. The number of nitrogens with zero attached hydrogens (tertiary/aromatic N) is 3. The number of carboxylic acids is 1. The Morgan fingerprint density at radius 3 is 2.52 bits per heavy atom. The van der Waals surface area contributed by atoms with E-state index in [-0.39, 0.29) is 17.5 Å². The van der Waals surface area contributed by atoms with Gasteiger partial charge >= 0.3 is 5.97 Å². The predicted molar refractivity (Wildman–Crippen MR) is 132 cm³/mol. The molecular weight excluding hydrogens is 434 g/mol. The van der Waals surface area contributed by atoms with Gasteiger partial charge in [-0.3, -0.25) is 9.80 Å². The third-order valence-corrected chi connectivity index (χ3v) is 7.28. The molecule has 0 spiro atoms. The van der Waals surface area contributed by atoms with Gasteiger partial charge < -0.3 is 10.2 Å². The zero-order chi connectivity index (χ0) is 23.5. The summed E-state index contributed by atoms with van der Waals surface area (Å²) in [5.74, 6) is -0.744. The minimum atomic E-state index is -1.01. The molecule has 33 heavy (non-hydrogen) atoms. The van der Waals surface area contributed by atoms with E-state index >= 15 is 0 Å². The molecule has 0 aliphatic carbocycles. The molecule has 174 valence electrons. The van der Waals surface area contributed by atoms with Gasteiger partial charge in [-0.25, -0.2) is 9.78 Å². The molecule has 1 aromatic heterocycles. The van der Waals surface area contributed by atoms with Crippen LogP contribution in [0.3, 0.4) is 0 Å². The molecule has 6 nitrogen and oxygen atoms in total. The molecule has 2 heterocycles. The van der Waals surface area contributed by atoms with Crippen LogP contribution in [0, 0.1) is 0 Å². The fourth-order valence-electron chi connectivity index (χ4n) is 4.77. The Bertz CT molecular complexity index is 1100. The maximum atomic E-state index is 11.2. The van der Waals surface area contributed by atoms with E-state index in [9.17, 15) is 9.90 Å². The lowest BCUT2D eigenvalue weighted by atomic mass is 9.93. The van der Waals surface area contributed by atoms with Crippen LogP contribution in [-0.4, -0.2) is 62.7 Å². The highest BCUT2D eigenvalue weighted by atomic mass is 32.1. The summed E-state index contributed by atoms with van der Waals surface area (Å²) in [6.07, 6.45) is 1.15. The molecule has 0 saturated carbocycles. The van der Waals surface area contributed by atoms with Crippen molar-refractivity contribution in [2.24, 2.45) is 0 Å². The topological polar surface area (TPSA) is 76.9 Å². The monoisotopic (exact) mass is 465 g/mol. The van der Waals surface area contributed by atoms with Gasteiger partial charge in [-0.05, 0) is 50.1 Å². The van der Waals surface area contributed by atoms with E-state index in [2.05, 4.69) is 53.8 Å². The molecule has 4 rings (SSSR count). The van der Waals surface area contributed by atoms with Crippen molar-refractivity contribution >= 4 is 17.3 Å². The van der Waals surface area contributed by atoms with E-state index in [1.54, 1.807) is 11.4 Å². The van der Waals surface area contributed by atoms with Crippen LogP contribution in [0.4, 0.5) is 0 Å². The van der Waals surface area contributed by atoms with Crippen molar-refractivity contribution in [3.63, 3.8) is 0 Å². The molecule has 2 aromatic carbocycles. The van der Waals surface area contributed by atoms with Crippen molar-refractivity contribution in [1.29, 1.82) is 0 Å². The smallest absolute Gasteiger partial charge is 0.355 e. The summed E-state index contributed by atoms with van der Waals surface area (Å²) in [6, 6.07) is 16.6. The number of carbonyl (C=O) groups is 1. The fourth-order valence-corrected chi connectivity index (χ4v) is 5.57. The second-order valence-electron chi connectivity index (χ2n) is 8.85. The molecule has 3 aromatic rings. The second kappa shape index (κ2) is 10.0. The van der Waals surface area contributed by atoms with Gasteiger partial charge in [-0.1, -0.05) is 43.3 Å². The van der Waals surface area contributed by atoms with Gasteiger partial charge in [0.25, 0.3) is 0 Å². The lowest BCUT2D eigenvalue weighted by Gasteiger charge is -2.47. The normalized spacial score (nSPS) is 20.6. The van der Waals surface area contributed by atoms with Gasteiger partial charge in [0.2, 0.25) is 0 Å². The standard InChI is InChI=1S/C26H31N3O3S/c1-4-12-28-14-18(3)29(15-17(28)2)24(21-6-5-7-22(30)13-21)19-8-10-20(11-9-19)25-27-23(16-33-25)26(31)32/h5-11,13,16-18,24,30H,4,12,14-15H2,1-3H3,(H,31,32). The Morgan fingerprint density at radius 1 is 1.12 bits per heavy atom. The first-order chi connectivity index (χ1) is 15.9. The summed E-state index contributed by atoms with van der Waals surface area (Å²) in [5.41, 5.74) is 3.18. The van der Waals surface area contributed by atoms with Crippen LogP contribution in [0.2, 0.25) is 0 Å². The molecule has 1 fully saturated rings. The third-order valence-electron chi connectivity index (χ3n) is 6.39. The predicted octanol–water partition coefficient (Wildman–Crippen LogP) is 5.11. The van der Waals surface area contributed by atoms with Gasteiger partial charge in [0.05, 0.1) is 6.04 Å². The lowest BCUT2D eigenvalue weighted by molar-refractivity contribution is 0.0241. The van der Waals surface area contributed by atoms with Crippen molar-refractivity contribution < 1.29 is 15.0 Å². The molecule has 0 radical (unpaired) electrons. The van der Waals surface area contributed by atoms with E-state index in [1.807, 2.05) is 24.3 Å². The Kier molecular flexibility index (Phi) is 7.12. The molecule has 1 aliphatic rings. The lowest BCUT2D eigenvalue weighted by Crippen LogP contribution is -2.57. The maximum absolute atomic E-state index is 11.2. The van der Waals surface area contributed by atoms with Gasteiger partial charge in [-0.2, -0.15) is 0 Å². The highest BCUT2D eigenvalue weighted by molar-refractivity contribution is 7.13. The molecule has 0 bridgehead atoms. The Hall–Kier alpha value is -2.74. The van der Waals surface area contributed by atoms with E-state index in [0.29, 0.717) is 17.1 Å². The molecule has 7 heteroatoms. The van der Waals surface area contributed by atoms with Crippen LogP contribution in [0.25, 0.3) is 10.6 Å². The summed E-state index contributed by atoms with van der Waals surface area (Å²) in [6.45, 7) is 9.86. The van der Waals surface area contributed by atoms with Gasteiger partial charge in [-0.15, -0.1) is 11.3 Å². The summed E-state index contributed by atoms with van der Waals surface area (Å²) in [4.78, 5) is 20.5. The number of aromatic hydroxyl groups is 1. The SMILES string of the molecule is CCCN1CC(C)N(C(c2ccc(-c3nc(C(=O)O)cs3)cc2)c2cccc(O)c2)CC1C. The highest BCUT2D eigenvalue weighted by Crippen LogP contribution is 2.35. The Balaban J connectivity index is 1.67. The molecule has 3 unspecified atom stereocenters. The van der Waals surface area contributed by atoms with Gasteiger partial charge in [0.1, 0.15) is 10.8 Å². The van der Waals surface area contributed by atoms with Gasteiger partial charge in [0.15, 0.2) is 5.69 Å². The minimum Gasteiger partial charge on any atom is -0.508 e. The first-order valence-electron chi connectivity index (χ1n) is 11.4. The number of thiazole rings is 1. The number of rotatable bonds is 7. The van der Waals surface area contributed by atoms with Crippen LogP contribution < -0.4 is 0 Å². The maximum Gasteiger partial charge on any atom is 0.355 e.